The quantitative estimate of drug-likeness (QED) is 0.689. The van der Waals surface area contributed by atoms with E-state index in [0.717, 1.165) is 5.56 Å². The molecule has 8 heteroatoms. The van der Waals surface area contributed by atoms with Crippen LogP contribution in [0.25, 0.3) is 11.2 Å². The van der Waals surface area contributed by atoms with Gasteiger partial charge in [-0.25, -0.2) is 19.6 Å². The third-order valence-corrected chi connectivity index (χ3v) is 4.25. The van der Waals surface area contributed by atoms with Gasteiger partial charge in [0.25, 0.3) is 0 Å². The van der Waals surface area contributed by atoms with Gasteiger partial charge in [0.1, 0.15) is 11.3 Å². The van der Waals surface area contributed by atoms with E-state index < -0.39 is 11.9 Å². The summed E-state index contributed by atoms with van der Waals surface area (Å²) in [6.45, 7) is 4.18. The van der Waals surface area contributed by atoms with Gasteiger partial charge in [-0.2, -0.15) is 0 Å². The number of rotatable bonds is 5. The van der Waals surface area contributed by atoms with E-state index in [9.17, 15) is 9.59 Å². The first-order valence-electron chi connectivity index (χ1n) is 7.93. The van der Waals surface area contributed by atoms with Gasteiger partial charge >= 0.3 is 11.9 Å². The normalized spacial score (nSPS) is 10.9. The van der Waals surface area contributed by atoms with Crippen LogP contribution in [0.15, 0.2) is 30.3 Å². The first kappa shape index (κ1) is 17.9. The van der Waals surface area contributed by atoms with E-state index in [1.54, 1.807) is 35.8 Å². The third kappa shape index (κ3) is 3.39. The number of hydrogen-bond acceptors (Lipinski definition) is 5. The van der Waals surface area contributed by atoms with Gasteiger partial charge < -0.3 is 14.4 Å². The molecule has 3 aromatic rings. The third-order valence-electron chi connectivity index (χ3n) is 3.89. The number of ether oxygens (including phenoxy) is 1. The molecule has 0 aliphatic carbocycles. The number of carboxylic acid groups (broad SMARTS) is 1. The first-order chi connectivity index (χ1) is 12.4. The molecular formula is C18H16ClN3O4. The SMILES string of the molecule is CCOC(=O)c1ccc(Cn2c(C)nc3ccc(C(=O)O)nc32)c(Cl)c1. The molecule has 0 bridgehead atoms. The lowest BCUT2D eigenvalue weighted by molar-refractivity contribution is 0.0525. The predicted octanol–water partition coefficient (Wildman–Crippen LogP) is 3.32. The summed E-state index contributed by atoms with van der Waals surface area (Å²) in [6.07, 6.45) is 0. The number of pyridine rings is 1. The van der Waals surface area contributed by atoms with Gasteiger partial charge in [0.2, 0.25) is 0 Å². The standard InChI is InChI=1S/C18H16ClN3O4/c1-3-26-18(25)11-4-5-12(13(19)8-11)9-22-10(2)20-14-6-7-15(17(23)24)21-16(14)22/h4-8H,3,9H2,1-2H3,(H,23,24). The minimum Gasteiger partial charge on any atom is -0.477 e. The van der Waals surface area contributed by atoms with Gasteiger partial charge in [-0.1, -0.05) is 17.7 Å². The van der Waals surface area contributed by atoms with E-state index in [1.165, 1.54) is 6.07 Å². The van der Waals surface area contributed by atoms with Crippen molar-refractivity contribution in [2.45, 2.75) is 20.4 Å². The average Bonchev–Trinajstić information content (AvgIpc) is 2.91. The molecule has 134 valence electrons. The van der Waals surface area contributed by atoms with Crippen LogP contribution in [-0.2, 0) is 11.3 Å². The van der Waals surface area contributed by atoms with Crippen molar-refractivity contribution >= 4 is 34.7 Å². The molecule has 26 heavy (non-hydrogen) atoms. The molecule has 2 aromatic heterocycles. The van der Waals surface area contributed by atoms with Crippen molar-refractivity contribution in [3.05, 3.63) is 58.0 Å². The molecule has 1 N–H and O–H groups in total. The number of hydrogen-bond donors (Lipinski definition) is 1. The van der Waals surface area contributed by atoms with Crippen molar-refractivity contribution in [3.8, 4) is 0 Å². The fourth-order valence-electron chi connectivity index (χ4n) is 2.61. The molecule has 0 unspecified atom stereocenters. The molecule has 7 nitrogen and oxygen atoms in total. The summed E-state index contributed by atoms with van der Waals surface area (Å²) in [5.74, 6) is -0.854. The number of esters is 1. The van der Waals surface area contributed by atoms with Crippen molar-refractivity contribution in [3.63, 3.8) is 0 Å². The van der Waals surface area contributed by atoms with Gasteiger partial charge in [-0.05, 0) is 43.7 Å². The lowest BCUT2D eigenvalue weighted by atomic mass is 10.1. The Hall–Kier alpha value is -2.93. The second-order valence-electron chi connectivity index (χ2n) is 5.62. The van der Waals surface area contributed by atoms with E-state index in [0.29, 0.717) is 34.1 Å². The lowest BCUT2D eigenvalue weighted by Gasteiger charge is -2.10. The number of carbonyl (C=O) groups is 2. The summed E-state index contributed by atoms with van der Waals surface area (Å²) in [6, 6.07) is 7.98. The topological polar surface area (TPSA) is 94.3 Å². The Bertz CT molecular complexity index is 1010. The molecule has 0 spiro atoms. The highest BCUT2D eigenvalue weighted by Gasteiger charge is 2.15. The van der Waals surface area contributed by atoms with Gasteiger partial charge in [0.15, 0.2) is 11.3 Å². The smallest absolute Gasteiger partial charge is 0.354 e. The molecule has 0 fully saturated rings. The van der Waals surface area contributed by atoms with Gasteiger partial charge in [0.05, 0.1) is 18.7 Å². The van der Waals surface area contributed by atoms with Crippen LogP contribution in [0.5, 0.6) is 0 Å². The molecular weight excluding hydrogens is 358 g/mol. The molecule has 0 saturated heterocycles. The predicted molar refractivity (Wildman–Crippen MR) is 95.7 cm³/mol. The van der Waals surface area contributed by atoms with Crippen molar-refractivity contribution in [2.75, 3.05) is 6.61 Å². The summed E-state index contributed by atoms with van der Waals surface area (Å²) in [5, 5.41) is 9.55. The van der Waals surface area contributed by atoms with Crippen LogP contribution in [0.3, 0.4) is 0 Å². The molecule has 0 aliphatic rings. The largest absolute Gasteiger partial charge is 0.477 e. The Morgan fingerprint density at radius 3 is 2.65 bits per heavy atom. The summed E-state index contributed by atoms with van der Waals surface area (Å²) in [4.78, 5) is 31.5. The highest BCUT2D eigenvalue weighted by molar-refractivity contribution is 6.31. The molecule has 3 rings (SSSR count). The van der Waals surface area contributed by atoms with Gasteiger partial charge in [-0.15, -0.1) is 0 Å². The molecule has 0 aliphatic heterocycles. The summed E-state index contributed by atoms with van der Waals surface area (Å²) in [5.41, 5.74) is 2.14. The number of carbonyl (C=O) groups excluding carboxylic acids is 1. The van der Waals surface area contributed by atoms with Crippen LogP contribution in [-0.4, -0.2) is 38.2 Å². The molecule has 0 saturated carbocycles. The molecule has 0 radical (unpaired) electrons. The van der Waals surface area contributed by atoms with E-state index in [2.05, 4.69) is 9.97 Å². The number of fused-ring (bicyclic) bond motifs is 1. The van der Waals surface area contributed by atoms with Crippen LogP contribution in [0.1, 0.15) is 39.2 Å². The zero-order valence-electron chi connectivity index (χ0n) is 14.2. The molecule has 1 aromatic carbocycles. The monoisotopic (exact) mass is 373 g/mol. The van der Waals surface area contributed by atoms with Crippen molar-refractivity contribution in [1.82, 2.24) is 14.5 Å². The number of halogens is 1. The maximum Gasteiger partial charge on any atom is 0.354 e. The minimum atomic E-state index is -1.10. The summed E-state index contributed by atoms with van der Waals surface area (Å²) < 4.78 is 6.75. The number of carboxylic acids is 1. The maximum atomic E-state index is 11.8. The van der Waals surface area contributed by atoms with Crippen LogP contribution in [0, 0.1) is 6.92 Å². The van der Waals surface area contributed by atoms with Crippen LogP contribution in [0.2, 0.25) is 5.02 Å². The highest BCUT2D eigenvalue weighted by atomic mass is 35.5. The van der Waals surface area contributed by atoms with E-state index in [1.807, 2.05) is 6.92 Å². The van der Waals surface area contributed by atoms with Gasteiger partial charge in [-0.3, -0.25) is 0 Å². The Kier molecular flexibility index (Phi) is 4.90. The van der Waals surface area contributed by atoms with E-state index in [4.69, 9.17) is 21.4 Å². The second-order valence-corrected chi connectivity index (χ2v) is 6.02. The fourth-order valence-corrected chi connectivity index (χ4v) is 2.85. The zero-order valence-corrected chi connectivity index (χ0v) is 14.9. The number of benzene rings is 1. The van der Waals surface area contributed by atoms with Crippen molar-refractivity contribution in [1.29, 1.82) is 0 Å². The number of nitrogens with zero attached hydrogens (tertiary/aromatic N) is 3. The molecule has 0 atom stereocenters. The summed E-state index contributed by atoms with van der Waals surface area (Å²) >= 11 is 6.32. The Balaban J connectivity index is 1.98. The average molecular weight is 374 g/mol. The van der Waals surface area contributed by atoms with Crippen LogP contribution >= 0.6 is 11.6 Å². The number of aromatic carboxylic acids is 1. The number of aromatic nitrogens is 3. The fraction of sp³-hybridized carbons (Fsp3) is 0.222. The Morgan fingerprint density at radius 2 is 2.00 bits per heavy atom. The van der Waals surface area contributed by atoms with Crippen LogP contribution < -0.4 is 0 Å². The Morgan fingerprint density at radius 1 is 1.23 bits per heavy atom. The second kappa shape index (κ2) is 7.13. The first-order valence-corrected chi connectivity index (χ1v) is 8.31. The lowest BCUT2D eigenvalue weighted by Crippen LogP contribution is -2.08. The Labute approximate surface area is 154 Å². The molecule has 0 amide bonds. The van der Waals surface area contributed by atoms with E-state index in [-0.39, 0.29) is 12.3 Å². The molecule has 2 heterocycles. The zero-order chi connectivity index (χ0) is 18.8. The van der Waals surface area contributed by atoms with E-state index >= 15 is 0 Å². The highest BCUT2D eigenvalue weighted by Crippen LogP contribution is 2.23. The van der Waals surface area contributed by atoms with Crippen LogP contribution in [0.4, 0.5) is 0 Å². The van der Waals surface area contributed by atoms with Crippen molar-refractivity contribution < 1.29 is 19.4 Å². The summed E-state index contributed by atoms with van der Waals surface area (Å²) in [7, 11) is 0. The van der Waals surface area contributed by atoms with Crippen molar-refractivity contribution in [2.24, 2.45) is 0 Å². The van der Waals surface area contributed by atoms with Gasteiger partial charge in [0, 0.05) is 5.02 Å². The minimum absolute atomic E-state index is 0.0533. The number of aryl methyl sites for hydroxylation is 1. The number of imidazole rings is 1. The maximum absolute atomic E-state index is 11.8.